The topological polar surface area (TPSA) is 55.6 Å². The number of hydrogen-bond donors (Lipinski definition) is 1. The van der Waals surface area contributed by atoms with Gasteiger partial charge in [-0.2, -0.15) is 5.10 Å². The van der Waals surface area contributed by atoms with Crippen LogP contribution in [-0.2, 0) is 4.74 Å². The van der Waals surface area contributed by atoms with E-state index in [2.05, 4.69) is 26.3 Å². The molecule has 1 amide bonds. The smallest absolute Gasteiger partial charge is 0.412 e. The summed E-state index contributed by atoms with van der Waals surface area (Å²) >= 11 is 3.45. The SMILES string of the molecule is C[C@@H](OC(=O)Nc1c(-c2ccc(Br)cc2)nn2ccccc12)c1ccccc1. The van der Waals surface area contributed by atoms with Crippen molar-refractivity contribution < 1.29 is 9.53 Å². The van der Waals surface area contributed by atoms with E-state index in [0.717, 1.165) is 21.1 Å². The molecular weight excluding hydrogens is 418 g/mol. The van der Waals surface area contributed by atoms with Crippen molar-refractivity contribution in [3.05, 3.63) is 89.0 Å². The lowest BCUT2D eigenvalue weighted by atomic mass is 10.1. The second kappa shape index (κ2) is 7.86. The highest BCUT2D eigenvalue weighted by molar-refractivity contribution is 9.10. The van der Waals surface area contributed by atoms with Crippen molar-refractivity contribution in [3.8, 4) is 11.3 Å². The van der Waals surface area contributed by atoms with Crippen molar-refractivity contribution >= 4 is 33.2 Å². The van der Waals surface area contributed by atoms with Gasteiger partial charge in [-0.25, -0.2) is 9.31 Å². The summed E-state index contributed by atoms with van der Waals surface area (Å²) in [6, 6.07) is 23.1. The number of carbonyl (C=O) groups is 1. The molecule has 0 unspecified atom stereocenters. The number of aromatic nitrogens is 2. The molecule has 0 aliphatic carbocycles. The summed E-state index contributed by atoms with van der Waals surface area (Å²) in [7, 11) is 0. The number of anilines is 1. The van der Waals surface area contributed by atoms with Gasteiger partial charge in [0.2, 0.25) is 0 Å². The third kappa shape index (κ3) is 3.77. The minimum Gasteiger partial charge on any atom is -0.441 e. The molecule has 140 valence electrons. The van der Waals surface area contributed by atoms with E-state index >= 15 is 0 Å². The molecule has 0 aliphatic heterocycles. The highest BCUT2D eigenvalue weighted by Crippen LogP contribution is 2.32. The standard InChI is InChI=1S/C22H18BrN3O2/c1-15(16-7-3-2-4-8-16)28-22(27)24-21-19-9-5-6-14-26(19)25-20(21)17-10-12-18(23)13-11-17/h2-15H,1H3,(H,24,27)/t15-/m1/s1. The summed E-state index contributed by atoms with van der Waals surface area (Å²) in [6.45, 7) is 1.85. The molecular formula is C22H18BrN3O2. The molecule has 4 aromatic rings. The zero-order valence-electron chi connectivity index (χ0n) is 15.2. The molecule has 6 heteroatoms. The monoisotopic (exact) mass is 435 g/mol. The number of hydrogen-bond acceptors (Lipinski definition) is 3. The van der Waals surface area contributed by atoms with Crippen molar-refractivity contribution in [1.82, 2.24) is 9.61 Å². The van der Waals surface area contributed by atoms with Gasteiger partial charge in [-0.15, -0.1) is 0 Å². The third-order valence-electron chi connectivity index (χ3n) is 4.44. The first-order valence-corrected chi connectivity index (χ1v) is 9.67. The van der Waals surface area contributed by atoms with Crippen LogP contribution in [0.25, 0.3) is 16.8 Å². The third-order valence-corrected chi connectivity index (χ3v) is 4.97. The van der Waals surface area contributed by atoms with Crippen LogP contribution in [0.3, 0.4) is 0 Å². The molecule has 28 heavy (non-hydrogen) atoms. The van der Waals surface area contributed by atoms with Crippen molar-refractivity contribution in [2.75, 3.05) is 5.32 Å². The Kier molecular flexibility index (Phi) is 5.12. The number of ether oxygens (including phenoxy) is 1. The molecule has 0 bridgehead atoms. The minimum absolute atomic E-state index is 0.362. The number of carbonyl (C=O) groups excluding carboxylic acids is 1. The first kappa shape index (κ1) is 18.3. The predicted octanol–water partition coefficient (Wildman–Crippen LogP) is 6.07. The molecule has 0 fully saturated rings. The van der Waals surface area contributed by atoms with Gasteiger partial charge in [0.05, 0.1) is 11.2 Å². The fourth-order valence-electron chi connectivity index (χ4n) is 3.02. The zero-order valence-corrected chi connectivity index (χ0v) is 16.8. The summed E-state index contributed by atoms with van der Waals surface area (Å²) in [5.74, 6) is 0. The summed E-state index contributed by atoms with van der Waals surface area (Å²) in [5.41, 5.74) is 3.94. The lowest BCUT2D eigenvalue weighted by Gasteiger charge is -2.14. The number of fused-ring (bicyclic) bond motifs is 1. The highest BCUT2D eigenvalue weighted by atomic mass is 79.9. The van der Waals surface area contributed by atoms with E-state index in [0.29, 0.717) is 11.4 Å². The van der Waals surface area contributed by atoms with Crippen LogP contribution >= 0.6 is 15.9 Å². The summed E-state index contributed by atoms with van der Waals surface area (Å²) in [5, 5.41) is 7.53. The normalized spacial score (nSPS) is 11.9. The lowest BCUT2D eigenvalue weighted by Crippen LogP contribution is -2.16. The van der Waals surface area contributed by atoms with E-state index in [9.17, 15) is 4.79 Å². The Bertz CT molecular complexity index is 1110. The molecule has 2 aromatic carbocycles. The Labute approximate surface area is 171 Å². The van der Waals surface area contributed by atoms with Crippen LogP contribution in [0.4, 0.5) is 10.5 Å². The van der Waals surface area contributed by atoms with E-state index in [-0.39, 0.29) is 6.10 Å². The van der Waals surface area contributed by atoms with Crippen LogP contribution in [0.5, 0.6) is 0 Å². The van der Waals surface area contributed by atoms with Crippen LogP contribution in [0.2, 0.25) is 0 Å². The average molecular weight is 436 g/mol. The Balaban J connectivity index is 1.64. The van der Waals surface area contributed by atoms with E-state index in [1.54, 1.807) is 4.52 Å². The first-order chi connectivity index (χ1) is 13.6. The molecule has 4 rings (SSSR count). The molecule has 0 radical (unpaired) electrons. The molecule has 5 nitrogen and oxygen atoms in total. The molecule has 0 saturated heterocycles. The Morgan fingerprint density at radius 2 is 1.75 bits per heavy atom. The molecule has 0 saturated carbocycles. The van der Waals surface area contributed by atoms with Crippen LogP contribution in [0.1, 0.15) is 18.6 Å². The number of nitrogens with zero attached hydrogens (tertiary/aromatic N) is 2. The fraction of sp³-hybridized carbons (Fsp3) is 0.0909. The van der Waals surface area contributed by atoms with Gasteiger partial charge in [0.15, 0.2) is 0 Å². The molecule has 2 aromatic heterocycles. The van der Waals surface area contributed by atoms with Gasteiger partial charge >= 0.3 is 6.09 Å². The Morgan fingerprint density at radius 3 is 2.50 bits per heavy atom. The number of benzene rings is 2. The van der Waals surface area contributed by atoms with Crippen molar-refractivity contribution in [2.24, 2.45) is 0 Å². The maximum atomic E-state index is 12.6. The Hall–Kier alpha value is -3.12. The van der Waals surface area contributed by atoms with Crippen molar-refractivity contribution in [2.45, 2.75) is 13.0 Å². The van der Waals surface area contributed by atoms with Gasteiger partial charge in [0.25, 0.3) is 0 Å². The number of rotatable bonds is 4. The molecule has 2 heterocycles. The maximum absolute atomic E-state index is 12.6. The lowest BCUT2D eigenvalue weighted by molar-refractivity contribution is 0.121. The van der Waals surface area contributed by atoms with E-state index in [1.165, 1.54) is 0 Å². The molecule has 0 aliphatic rings. The van der Waals surface area contributed by atoms with Crippen LogP contribution in [0, 0.1) is 0 Å². The largest absolute Gasteiger partial charge is 0.441 e. The molecule has 1 atom stereocenters. The minimum atomic E-state index is -0.520. The quantitative estimate of drug-likeness (QED) is 0.422. The second-order valence-electron chi connectivity index (χ2n) is 6.34. The molecule has 0 spiro atoms. The van der Waals surface area contributed by atoms with Crippen LogP contribution < -0.4 is 5.32 Å². The van der Waals surface area contributed by atoms with Crippen LogP contribution in [0.15, 0.2) is 83.5 Å². The van der Waals surface area contributed by atoms with E-state index in [1.807, 2.05) is 85.9 Å². The van der Waals surface area contributed by atoms with E-state index in [4.69, 9.17) is 4.74 Å². The van der Waals surface area contributed by atoms with Gasteiger partial charge in [-0.05, 0) is 36.8 Å². The van der Waals surface area contributed by atoms with E-state index < -0.39 is 6.09 Å². The fourth-order valence-corrected chi connectivity index (χ4v) is 3.28. The van der Waals surface area contributed by atoms with Crippen LogP contribution in [-0.4, -0.2) is 15.7 Å². The zero-order chi connectivity index (χ0) is 19.5. The Morgan fingerprint density at radius 1 is 1.04 bits per heavy atom. The summed E-state index contributed by atoms with van der Waals surface area (Å²) in [4.78, 5) is 12.6. The number of pyridine rings is 1. The van der Waals surface area contributed by atoms with Gasteiger partial charge in [-0.3, -0.25) is 5.32 Å². The number of halogens is 1. The first-order valence-electron chi connectivity index (χ1n) is 8.88. The summed E-state index contributed by atoms with van der Waals surface area (Å²) < 4.78 is 8.30. The number of nitrogens with one attached hydrogen (secondary N) is 1. The predicted molar refractivity (Wildman–Crippen MR) is 113 cm³/mol. The van der Waals surface area contributed by atoms with Crippen molar-refractivity contribution in [3.63, 3.8) is 0 Å². The van der Waals surface area contributed by atoms with Crippen molar-refractivity contribution in [1.29, 1.82) is 0 Å². The highest BCUT2D eigenvalue weighted by Gasteiger charge is 2.19. The van der Waals surface area contributed by atoms with Gasteiger partial charge in [0, 0.05) is 16.2 Å². The second-order valence-corrected chi connectivity index (χ2v) is 7.26. The maximum Gasteiger partial charge on any atom is 0.412 e. The van der Waals surface area contributed by atoms with Gasteiger partial charge in [-0.1, -0.05) is 64.5 Å². The average Bonchev–Trinajstić information content (AvgIpc) is 3.07. The van der Waals surface area contributed by atoms with Gasteiger partial charge < -0.3 is 4.74 Å². The number of amides is 1. The van der Waals surface area contributed by atoms with Gasteiger partial charge in [0.1, 0.15) is 11.8 Å². The molecule has 1 N–H and O–H groups in total. The summed E-state index contributed by atoms with van der Waals surface area (Å²) in [6.07, 6.45) is 0.966.